The first kappa shape index (κ1) is 15.1. The van der Waals surface area contributed by atoms with Crippen LogP contribution in [0.2, 0.25) is 0 Å². The molecule has 0 bridgehead atoms. The highest BCUT2D eigenvalue weighted by Crippen LogP contribution is 2.12. The van der Waals surface area contributed by atoms with Crippen LogP contribution in [-0.2, 0) is 11.2 Å². The van der Waals surface area contributed by atoms with E-state index in [4.69, 9.17) is 0 Å². The zero-order valence-electron chi connectivity index (χ0n) is 12.7. The van der Waals surface area contributed by atoms with E-state index in [0.29, 0.717) is 18.7 Å². The van der Waals surface area contributed by atoms with Gasteiger partial charge in [0.05, 0.1) is 6.04 Å². The van der Waals surface area contributed by atoms with Crippen molar-refractivity contribution < 1.29 is 9.18 Å². The molecule has 3 rings (SSSR count). The molecule has 1 N–H and O–H groups in total. The van der Waals surface area contributed by atoms with Crippen molar-refractivity contribution in [2.24, 2.45) is 0 Å². The lowest BCUT2D eigenvalue weighted by molar-refractivity contribution is -0.121. The molecule has 0 aliphatic carbocycles. The quantitative estimate of drug-likeness (QED) is 0.788. The van der Waals surface area contributed by atoms with Crippen LogP contribution in [0.5, 0.6) is 0 Å². The van der Waals surface area contributed by atoms with Crippen molar-refractivity contribution in [2.45, 2.75) is 25.8 Å². The van der Waals surface area contributed by atoms with Crippen molar-refractivity contribution in [3.05, 3.63) is 65.9 Å². The molecule has 0 saturated heterocycles. The van der Waals surface area contributed by atoms with E-state index in [-0.39, 0.29) is 17.8 Å². The number of carbonyl (C=O) groups is 1. The maximum absolute atomic E-state index is 12.8. The van der Waals surface area contributed by atoms with Crippen molar-refractivity contribution in [2.75, 3.05) is 0 Å². The SMILES string of the molecule is CC(NC(=O)CCc1ccc(F)cc1)c1nnc2ccccn12. The Bertz CT molecular complexity index is 813. The Morgan fingerprint density at radius 3 is 2.78 bits per heavy atom. The summed E-state index contributed by atoms with van der Waals surface area (Å²) in [5.74, 6) is 0.343. The minimum Gasteiger partial charge on any atom is -0.346 e. The fourth-order valence-corrected chi connectivity index (χ4v) is 2.44. The van der Waals surface area contributed by atoms with E-state index in [1.54, 1.807) is 12.1 Å². The van der Waals surface area contributed by atoms with Gasteiger partial charge < -0.3 is 5.32 Å². The van der Waals surface area contributed by atoms with Gasteiger partial charge >= 0.3 is 0 Å². The molecule has 0 saturated carbocycles. The fraction of sp³-hybridized carbons (Fsp3) is 0.235. The molecule has 6 heteroatoms. The topological polar surface area (TPSA) is 59.3 Å². The molecular weight excluding hydrogens is 295 g/mol. The second-order valence-corrected chi connectivity index (χ2v) is 5.40. The maximum Gasteiger partial charge on any atom is 0.220 e. The van der Waals surface area contributed by atoms with Gasteiger partial charge in [-0.1, -0.05) is 18.2 Å². The number of benzene rings is 1. The largest absolute Gasteiger partial charge is 0.346 e. The number of rotatable bonds is 5. The summed E-state index contributed by atoms with van der Waals surface area (Å²) in [7, 11) is 0. The molecule has 23 heavy (non-hydrogen) atoms. The lowest BCUT2D eigenvalue weighted by atomic mass is 10.1. The van der Waals surface area contributed by atoms with Crippen LogP contribution in [0.15, 0.2) is 48.7 Å². The van der Waals surface area contributed by atoms with Crippen LogP contribution >= 0.6 is 0 Å². The molecule has 0 fully saturated rings. The summed E-state index contributed by atoms with van der Waals surface area (Å²) in [4.78, 5) is 12.1. The van der Waals surface area contributed by atoms with Gasteiger partial charge in [-0.25, -0.2) is 4.39 Å². The van der Waals surface area contributed by atoms with Crippen LogP contribution in [0.25, 0.3) is 5.65 Å². The van der Waals surface area contributed by atoms with Crippen LogP contribution in [0.1, 0.15) is 30.8 Å². The Morgan fingerprint density at radius 2 is 2.00 bits per heavy atom. The molecule has 2 heterocycles. The van der Waals surface area contributed by atoms with Crippen molar-refractivity contribution in [3.8, 4) is 0 Å². The van der Waals surface area contributed by atoms with E-state index in [1.165, 1.54) is 12.1 Å². The number of carbonyl (C=O) groups excluding carboxylic acids is 1. The molecule has 3 aromatic rings. The first-order chi connectivity index (χ1) is 11.1. The Morgan fingerprint density at radius 1 is 1.22 bits per heavy atom. The molecule has 0 radical (unpaired) electrons. The standard InChI is InChI=1S/C17H17FN4O/c1-12(17-21-20-15-4-2-3-11-22(15)17)19-16(23)10-7-13-5-8-14(18)9-6-13/h2-6,8-9,11-12H,7,10H2,1H3,(H,19,23). The van der Waals surface area contributed by atoms with E-state index in [9.17, 15) is 9.18 Å². The second-order valence-electron chi connectivity index (χ2n) is 5.40. The minimum absolute atomic E-state index is 0.0745. The predicted molar refractivity (Wildman–Crippen MR) is 84.3 cm³/mol. The molecule has 1 atom stereocenters. The monoisotopic (exact) mass is 312 g/mol. The van der Waals surface area contributed by atoms with Gasteiger partial charge in [0, 0.05) is 12.6 Å². The summed E-state index contributed by atoms with van der Waals surface area (Å²) in [6.07, 6.45) is 2.78. The molecule has 1 amide bonds. The highest BCUT2D eigenvalue weighted by atomic mass is 19.1. The molecule has 118 valence electrons. The highest BCUT2D eigenvalue weighted by molar-refractivity contribution is 5.76. The molecule has 5 nitrogen and oxygen atoms in total. The van der Waals surface area contributed by atoms with Crippen molar-refractivity contribution in [1.29, 1.82) is 0 Å². The Balaban J connectivity index is 1.60. The molecular formula is C17H17FN4O. The molecule has 0 spiro atoms. The second kappa shape index (κ2) is 6.56. The Hall–Kier alpha value is -2.76. The first-order valence-electron chi connectivity index (χ1n) is 7.47. The van der Waals surface area contributed by atoms with E-state index < -0.39 is 0 Å². The molecule has 0 aliphatic heterocycles. The first-order valence-corrected chi connectivity index (χ1v) is 7.47. The van der Waals surface area contributed by atoms with Crippen LogP contribution < -0.4 is 5.32 Å². The molecule has 1 aromatic carbocycles. The summed E-state index contributed by atoms with van der Waals surface area (Å²) >= 11 is 0. The average Bonchev–Trinajstić information content (AvgIpc) is 2.98. The number of hydrogen-bond acceptors (Lipinski definition) is 3. The summed E-state index contributed by atoms with van der Waals surface area (Å²) in [6, 6.07) is 11.6. The number of aryl methyl sites for hydroxylation is 1. The number of pyridine rings is 1. The van der Waals surface area contributed by atoms with E-state index >= 15 is 0 Å². The maximum atomic E-state index is 12.8. The minimum atomic E-state index is -0.273. The summed E-state index contributed by atoms with van der Waals surface area (Å²) in [6.45, 7) is 1.87. The fourth-order valence-electron chi connectivity index (χ4n) is 2.44. The van der Waals surface area contributed by atoms with Gasteiger partial charge in [-0.15, -0.1) is 10.2 Å². The van der Waals surface area contributed by atoms with Crippen LogP contribution in [0, 0.1) is 5.82 Å². The number of hydrogen-bond donors (Lipinski definition) is 1. The number of amides is 1. The van der Waals surface area contributed by atoms with Gasteiger partial charge in [0.25, 0.3) is 0 Å². The molecule has 0 aliphatic rings. The number of nitrogens with zero attached hydrogens (tertiary/aromatic N) is 3. The molecule has 2 aromatic heterocycles. The third kappa shape index (κ3) is 3.53. The van der Waals surface area contributed by atoms with Crippen LogP contribution in [0.4, 0.5) is 4.39 Å². The Kier molecular flexibility index (Phi) is 4.32. The number of nitrogens with one attached hydrogen (secondary N) is 1. The summed E-state index contributed by atoms with van der Waals surface area (Å²) < 4.78 is 14.7. The van der Waals surface area contributed by atoms with E-state index in [0.717, 1.165) is 11.2 Å². The van der Waals surface area contributed by atoms with E-state index in [1.807, 2.05) is 35.7 Å². The van der Waals surface area contributed by atoms with Crippen LogP contribution in [-0.4, -0.2) is 20.5 Å². The van der Waals surface area contributed by atoms with Crippen molar-refractivity contribution >= 4 is 11.6 Å². The number of fused-ring (bicyclic) bond motifs is 1. The lowest BCUT2D eigenvalue weighted by Crippen LogP contribution is -2.28. The Labute approximate surface area is 133 Å². The normalized spacial score (nSPS) is 12.3. The predicted octanol–water partition coefficient (Wildman–Crippen LogP) is 2.68. The van der Waals surface area contributed by atoms with Crippen molar-refractivity contribution in [3.63, 3.8) is 0 Å². The van der Waals surface area contributed by atoms with Gasteiger partial charge in [-0.2, -0.15) is 0 Å². The van der Waals surface area contributed by atoms with Gasteiger partial charge in [0.15, 0.2) is 11.5 Å². The third-order valence-corrected chi connectivity index (χ3v) is 3.66. The number of aromatic nitrogens is 3. The van der Waals surface area contributed by atoms with Crippen LogP contribution in [0.3, 0.4) is 0 Å². The highest BCUT2D eigenvalue weighted by Gasteiger charge is 2.15. The van der Waals surface area contributed by atoms with Gasteiger partial charge in [0.2, 0.25) is 5.91 Å². The summed E-state index contributed by atoms with van der Waals surface area (Å²) in [5, 5.41) is 11.1. The van der Waals surface area contributed by atoms with Gasteiger partial charge in [-0.05, 0) is 43.2 Å². The van der Waals surface area contributed by atoms with Gasteiger partial charge in [0.1, 0.15) is 5.82 Å². The summed E-state index contributed by atoms with van der Waals surface area (Å²) in [5.41, 5.74) is 1.68. The average molecular weight is 312 g/mol. The zero-order chi connectivity index (χ0) is 16.2. The smallest absolute Gasteiger partial charge is 0.220 e. The number of halogens is 1. The lowest BCUT2D eigenvalue weighted by Gasteiger charge is -2.12. The zero-order valence-corrected chi connectivity index (χ0v) is 12.7. The third-order valence-electron chi connectivity index (χ3n) is 3.66. The van der Waals surface area contributed by atoms with Gasteiger partial charge in [-0.3, -0.25) is 9.20 Å². The van der Waals surface area contributed by atoms with Crippen molar-refractivity contribution in [1.82, 2.24) is 19.9 Å². The van der Waals surface area contributed by atoms with E-state index in [2.05, 4.69) is 15.5 Å². The molecule has 1 unspecified atom stereocenters.